The molecule has 20 heavy (non-hydrogen) atoms. The number of hydrogen-bond donors (Lipinski definition) is 1. The van der Waals surface area contributed by atoms with E-state index in [-0.39, 0.29) is 0 Å². The zero-order chi connectivity index (χ0) is 14.5. The van der Waals surface area contributed by atoms with Gasteiger partial charge in [0, 0.05) is 23.9 Å². The van der Waals surface area contributed by atoms with Gasteiger partial charge in [0.25, 0.3) is 0 Å². The maximum absolute atomic E-state index is 6.00. The number of aryl methyl sites for hydroxylation is 2. The molecule has 0 radical (unpaired) electrons. The van der Waals surface area contributed by atoms with Gasteiger partial charge in [-0.25, -0.2) is 0 Å². The zero-order valence-corrected chi connectivity index (χ0v) is 12.1. The topological polar surface area (TPSA) is 57.4 Å². The van der Waals surface area contributed by atoms with E-state index in [9.17, 15) is 0 Å². The number of benzene rings is 1. The van der Waals surface area contributed by atoms with Crippen LogP contribution in [0.25, 0.3) is 0 Å². The van der Waals surface area contributed by atoms with Crippen LogP contribution in [0.2, 0.25) is 0 Å². The fourth-order valence-electron chi connectivity index (χ4n) is 1.99. The lowest BCUT2D eigenvalue weighted by atomic mass is 10.2. The van der Waals surface area contributed by atoms with E-state index < -0.39 is 0 Å². The summed E-state index contributed by atoms with van der Waals surface area (Å²) in [6, 6.07) is 9.53. The second-order valence-corrected chi connectivity index (χ2v) is 4.53. The van der Waals surface area contributed by atoms with E-state index in [0.717, 1.165) is 34.9 Å². The molecule has 0 amide bonds. The fraction of sp³-hybridized carbons (Fsp3) is 0.312. The highest BCUT2D eigenvalue weighted by Crippen LogP contribution is 2.31. The Labute approximate surface area is 119 Å². The molecule has 0 aliphatic rings. The molecule has 4 heteroatoms. The van der Waals surface area contributed by atoms with Crippen molar-refractivity contribution in [2.75, 3.05) is 7.11 Å². The van der Waals surface area contributed by atoms with Crippen LogP contribution in [0.1, 0.15) is 23.9 Å². The molecule has 0 saturated carbocycles. The van der Waals surface area contributed by atoms with Crippen LogP contribution in [-0.2, 0) is 13.0 Å². The Morgan fingerprint density at radius 3 is 2.60 bits per heavy atom. The molecule has 1 heterocycles. The van der Waals surface area contributed by atoms with E-state index >= 15 is 0 Å². The third-order valence-electron chi connectivity index (χ3n) is 3.12. The molecule has 0 fully saturated rings. The minimum atomic E-state index is 0.417. The van der Waals surface area contributed by atoms with Crippen LogP contribution in [-0.4, -0.2) is 12.1 Å². The minimum absolute atomic E-state index is 0.417. The third-order valence-corrected chi connectivity index (χ3v) is 3.12. The predicted octanol–water partition coefficient (Wildman–Crippen LogP) is 3.21. The van der Waals surface area contributed by atoms with Crippen LogP contribution in [0, 0.1) is 6.92 Å². The number of pyridine rings is 1. The summed E-state index contributed by atoms with van der Waals surface area (Å²) < 4.78 is 11.2. The second-order valence-electron chi connectivity index (χ2n) is 4.53. The zero-order valence-electron chi connectivity index (χ0n) is 12.1. The van der Waals surface area contributed by atoms with Crippen LogP contribution < -0.4 is 15.2 Å². The molecule has 0 aliphatic heterocycles. The van der Waals surface area contributed by atoms with E-state index in [2.05, 4.69) is 11.9 Å². The highest BCUT2D eigenvalue weighted by Gasteiger charge is 2.10. The van der Waals surface area contributed by atoms with Crippen LogP contribution in [0.3, 0.4) is 0 Å². The fourth-order valence-corrected chi connectivity index (χ4v) is 1.99. The van der Waals surface area contributed by atoms with Gasteiger partial charge >= 0.3 is 0 Å². The Hall–Kier alpha value is -2.07. The molecule has 2 aromatic rings. The van der Waals surface area contributed by atoms with Crippen molar-refractivity contribution in [3.05, 3.63) is 47.3 Å². The Kier molecular flexibility index (Phi) is 4.58. The van der Waals surface area contributed by atoms with Gasteiger partial charge in [0.15, 0.2) is 0 Å². The smallest absolute Gasteiger partial charge is 0.148 e. The van der Waals surface area contributed by atoms with Crippen molar-refractivity contribution in [1.82, 2.24) is 4.98 Å². The first-order chi connectivity index (χ1) is 9.67. The SMILES string of the molecule is CCc1nc(C)ccc1Oc1cc(OC)ccc1CN. The van der Waals surface area contributed by atoms with Gasteiger partial charge in [-0.2, -0.15) is 0 Å². The van der Waals surface area contributed by atoms with E-state index in [1.807, 2.05) is 37.3 Å². The summed E-state index contributed by atoms with van der Waals surface area (Å²) in [6.07, 6.45) is 0.818. The summed E-state index contributed by atoms with van der Waals surface area (Å²) in [6.45, 7) is 4.45. The first-order valence-corrected chi connectivity index (χ1v) is 6.69. The van der Waals surface area contributed by atoms with Crippen molar-refractivity contribution in [3.63, 3.8) is 0 Å². The van der Waals surface area contributed by atoms with E-state index in [1.54, 1.807) is 7.11 Å². The molecule has 4 nitrogen and oxygen atoms in total. The molecule has 0 saturated heterocycles. The number of hydrogen-bond acceptors (Lipinski definition) is 4. The van der Waals surface area contributed by atoms with Crippen molar-refractivity contribution in [2.24, 2.45) is 5.73 Å². The maximum atomic E-state index is 6.00. The van der Waals surface area contributed by atoms with Crippen molar-refractivity contribution < 1.29 is 9.47 Å². The van der Waals surface area contributed by atoms with Crippen molar-refractivity contribution in [1.29, 1.82) is 0 Å². The number of ether oxygens (including phenoxy) is 2. The minimum Gasteiger partial charge on any atom is -0.497 e. The summed E-state index contributed by atoms with van der Waals surface area (Å²) >= 11 is 0. The number of aromatic nitrogens is 1. The molecule has 1 aromatic carbocycles. The first-order valence-electron chi connectivity index (χ1n) is 6.69. The summed E-state index contributed by atoms with van der Waals surface area (Å²) in [5.41, 5.74) is 8.62. The van der Waals surface area contributed by atoms with Crippen molar-refractivity contribution in [3.8, 4) is 17.2 Å². The maximum Gasteiger partial charge on any atom is 0.148 e. The average molecular weight is 272 g/mol. The van der Waals surface area contributed by atoms with Gasteiger partial charge < -0.3 is 15.2 Å². The highest BCUT2D eigenvalue weighted by atomic mass is 16.5. The van der Waals surface area contributed by atoms with Crippen LogP contribution in [0.4, 0.5) is 0 Å². The highest BCUT2D eigenvalue weighted by molar-refractivity contribution is 5.44. The normalized spacial score (nSPS) is 10.4. The van der Waals surface area contributed by atoms with E-state index in [1.165, 1.54) is 0 Å². The molecular weight excluding hydrogens is 252 g/mol. The molecule has 0 unspecified atom stereocenters. The monoisotopic (exact) mass is 272 g/mol. The van der Waals surface area contributed by atoms with Crippen LogP contribution in [0.5, 0.6) is 17.2 Å². The number of rotatable bonds is 5. The van der Waals surface area contributed by atoms with Gasteiger partial charge in [0.1, 0.15) is 17.2 Å². The summed E-state index contributed by atoms with van der Waals surface area (Å²) in [7, 11) is 1.63. The van der Waals surface area contributed by atoms with Gasteiger partial charge in [0.05, 0.1) is 12.8 Å². The van der Waals surface area contributed by atoms with Crippen LogP contribution >= 0.6 is 0 Å². The molecule has 0 aliphatic carbocycles. The average Bonchev–Trinajstić information content (AvgIpc) is 2.48. The van der Waals surface area contributed by atoms with Gasteiger partial charge in [0.2, 0.25) is 0 Å². The molecule has 0 bridgehead atoms. The van der Waals surface area contributed by atoms with Crippen molar-refractivity contribution in [2.45, 2.75) is 26.8 Å². The molecule has 106 valence electrons. The molecule has 1 aromatic heterocycles. The Morgan fingerprint density at radius 2 is 1.95 bits per heavy atom. The Balaban J connectivity index is 2.38. The van der Waals surface area contributed by atoms with Gasteiger partial charge in [-0.15, -0.1) is 0 Å². The molecule has 2 N–H and O–H groups in total. The number of nitrogens with zero attached hydrogens (tertiary/aromatic N) is 1. The van der Waals surface area contributed by atoms with Crippen molar-refractivity contribution >= 4 is 0 Å². The summed E-state index contributed by atoms with van der Waals surface area (Å²) in [4.78, 5) is 4.50. The molecule has 0 spiro atoms. The predicted molar refractivity (Wildman–Crippen MR) is 79.3 cm³/mol. The van der Waals surface area contributed by atoms with Gasteiger partial charge in [-0.05, 0) is 31.5 Å². The summed E-state index contributed by atoms with van der Waals surface area (Å²) in [5.74, 6) is 2.23. The lowest BCUT2D eigenvalue weighted by Gasteiger charge is -2.14. The molecule has 2 rings (SSSR count). The third kappa shape index (κ3) is 3.08. The Bertz CT molecular complexity index is 597. The van der Waals surface area contributed by atoms with Gasteiger partial charge in [-0.3, -0.25) is 4.98 Å². The first kappa shape index (κ1) is 14.3. The van der Waals surface area contributed by atoms with E-state index in [4.69, 9.17) is 15.2 Å². The quantitative estimate of drug-likeness (QED) is 0.908. The molecular formula is C16H20N2O2. The summed E-state index contributed by atoms with van der Waals surface area (Å²) in [5, 5.41) is 0. The lowest BCUT2D eigenvalue weighted by Crippen LogP contribution is -2.02. The number of nitrogens with two attached hydrogens (primary N) is 1. The lowest BCUT2D eigenvalue weighted by molar-refractivity contribution is 0.407. The van der Waals surface area contributed by atoms with Crippen LogP contribution in [0.15, 0.2) is 30.3 Å². The largest absolute Gasteiger partial charge is 0.497 e. The standard InChI is InChI=1S/C16H20N2O2/c1-4-14-15(8-5-11(2)18-14)20-16-9-13(19-3)7-6-12(16)10-17/h5-9H,4,10,17H2,1-3H3. The molecule has 0 atom stereocenters. The Morgan fingerprint density at radius 1 is 1.15 bits per heavy atom. The van der Waals surface area contributed by atoms with Gasteiger partial charge in [-0.1, -0.05) is 13.0 Å². The second kappa shape index (κ2) is 6.39. The number of methoxy groups -OCH3 is 1. The van der Waals surface area contributed by atoms with E-state index in [0.29, 0.717) is 12.3 Å².